The third kappa shape index (κ3) is 3.91. The number of nitriles is 1. The van der Waals surface area contributed by atoms with Crippen molar-refractivity contribution in [2.45, 2.75) is 39.2 Å². The number of carbonyl (C=O) groups excluding carboxylic acids is 1. The average Bonchev–Trinajstić information content (AvgIpc) is 2.44. The largest absolute Gasteiger partial charge is 0.370 e. The first kappa shape index (κ1) is 14.7. The van der Waals surface area contributed by atoms with Crippen molar-refractivity contribution in [2.75, 3.05) is 6.61 Å². The van der Waals surface area contributed by atoms with Gasteiger partial charge >= 0.3 is 0 Å². The van der Waals surface area contributed by atoms with Crippen LogP contribution in [0.25, 0.3) is 0 Å². The molecule has 0 heterocycles. The van der Waals surface area contributed by atoms with E-state index < -0.39 is 0 Å². The fraction of sp³-hybridized carbons (Fsp3) is 0.529. The molecule has 0 bridgehead atoms. The summed E-state index contributed by atoms with van der Waals surface area (Å²) in [6.45, 7) is 4.62. The van der Waals surface area contributed by atoms with Crippen LogP contribution in [0.3, 0.4) is 0 Å². The Hall–Kier alpha value is -1.66. The minimum atomic E-state index is -0.0135. The van der Waals surface area contributed by atoms with Gasteiger partial charge < -0.3 is 4.74 Å². The zero-order chi connectivity index (χ0) is 14.5. The number of ether oxygens (including phenoxy) is 1. The van der Waals surface area contributed by atoms with Crippen molar-refractivity contribution in [1.82, 2.24) is 0 Å². The van der Waals surface area contributed by atoms with Crippen LogP contribution >= 0.6 is 0 Å². The van der Waals surface area contributed by atoms with E-state index in [1.165, 1.54) is 6.42 Å². The number of benzene rings is 1. The molecule has 1 fully saturated rings. The molecule has 0 aromatic heterocycles. The maximum atomic E-state index is 12.0. The van der Waals surface area contributed by atoms with Crippen molar-refractivity contribution < 1.29 is 9.53 Å². The standard InChI is InChI=1S/C17H21NO2/c1-12-7-13(2)9-16(8-12)20-11-17(19)15-5-3-14(10-18)4-6-15/h3-6,12-13,16H,7-9,11H2,1-2H3. The molecule has 0 N–H and O–H groups in total. The highest BCUT2D eigenvalue weighted by molar-refractivity contribution is 5.97. The topological polar surface area (TPSA) is 50.1 Å². The third-order valence-electron chi connectivity index (χ3n) is 3.92. The molecule has 3 nitrogen and oxygen atoms in total. The van der Waals surface area contributed by atoms with Crippen molar-refractivity contribution in [3.8, 4) is 6.07 Å². The van der Waals surface area contributed by atoms with E-state index in [1.807, 2.05) is 6.07 Å². The molecule has 1 aromatic rings. The number of hydrogen-bond acceptors (Lipinski definition) is 3. The highest BCUT2D eigenvalue weighted by atomic mass is 16.5. The van der Waals surface area contributed by atoms with Gasteiger partial charge in [-0.05, 0) is 43.2 Å². The van der Waals surface area contributed by atoms with E-state index in [1.54, 1.807) is 24.3 Å². The van der Waals surface area contributed by atoms with Gasteiger partial charge in [-0.1, -0.05) is 26.0 Å². The van der Waals surface area contributed by atoms with E-state index in [0.29, 0.717) is 23.0 Å². The van der Waals surface area contributed by atoms with Crippen LogP contribution in [0, 0.1) is 23.2 Å². The van der Waals surface area contributed by atoms with E-state index in [2.05, 4.69) is 13.8 Å². The summed E-state index contributed by atoms with van der Waals surface area (Å²) >= 11 is 0. The van der Waals surface area contributed by atoms with Gasteiger partial charge in [-0.25, -0.2) is 0 Å². The van der Waals surface area contributed by atoms with Crippen LogP contribution in [0.1, 0.15) is 49.0 Å². The summed E-state index contributed by atoms with van der Waals surface area (Å²) < 4.78 is 5.78. The Morgan fingerprint density at radius 2 is 1.80 bits per heavy atom. The molecule has 0 amide bonds. The van der Waals surface area contributed by atoms with E-state index >= 15 is 0 Å². The summed E-state index contributed by atoms with van der Waals surface area (Å²) in [4.78, 5) is 12.0. The summed E-state index contributed by atoms with van der Waals surface area (Å²) in [7, 11) is 0. The van der Waals surface area contributed by atoms with Crippen LogP contribution in [0.2, 0.25) is 0 Å². The predicted molar refractivity (Wildman–Crippen MR) is 77.4 cm³/mol. The number of nitrogens with zero attached hydrogens (tertiary/aromatic N) is 1. The number of hydrogen-bond donors (Lipinski definition) is 0. The molecule has 1 aromatic carbocycles. The lowest BCUT2D eigenvalue weighted by Crippen LogP contribution is -2.28. The van der Waals surface area contributed by atoms with Gasteiger partial charge in [0.15, 0.2) is 5.78 Å². The van der Waals surface area contributed by atoms with Gasteiger partial charge in [0.2, 0.25) is 0 Å². The van der Waals surface area contributed by atoms with Gasteiger partial charge in [0.05, 0.1) is 17.7 Å². The normalized spacial score (nSPS) is 25.9. The zero-order valence-electron chi connectivity index (χ0n) is 12.1. The van der Waals surface area contributed by atoms with Gasteiger partial charge in [0, 0.05) is 5.56 Å². The van der Waals surface area contributed by atoms with Crippen molar-refractivity contribution in [3.63, 3.8) is 0 Å². The number of Topliss-reactive ketones (excluding diaryl/α,β-unsaturated/α-hetero) is 1. The molecule has 20 heavy (non-hydrogen) atoms. The van der Waals surface area contributed by atoms with Crippen LogP contribution in [0.5, 0.6) is 0 Å². The minimum Gasteiger partial charge on any atom is -0.370 e. The van der Waals surface area contributed by atoms with Crippen LogP contribution < -0.4 is 0 Å². The highest BCUT2D eigenvalue weighted by Gasteiger charge is 2.25. The molecule has 1 aliphatic rings. The molecular weight excluding hydrogens is 250 g/mol. The fourth-order valence-corrected chi connectivity index (χ4v) is 3.02. The van der Waals surface area contributed by atoms with Crippen LogP contribution in [-0.2, 0) is 4.74 Å². The van der Waals surface area contributed by atoms with E-state index in [-0.39, 0.29) is 18.5 Å². The third-order valence-corrected chi connectivity index (χ3v) is 3.92. The Morgan fingerprint density at radius 1 is 1.20 bits per heavy atom. The van der Waals surface area contributed by atoms with Gasteiger partial charge in [0.1, 0.15) is 6.61 Å². The van der Waals surface area contributed by atoms with Crippen LogP contribution in [-0.4, -0.2) is 18.5 Å². The van der Waals surface area contributed by atoms with Gasteiger partial charge in [-0.3, -0.25) is 4.79 Å². The van der Waals surface area contributed by atoms with E-state index in [0.717, 1.165) is 12.8 Å². The average molecular weight is 271 g/mol. The first-order valence-electron chi connectivity index (χ1n) is 7.23. The molecule has 0 aliphatic heterocycles. The van der Waals surface area contributed by atoms with Crippen molar-refractivity contribution >= 4 is 5.78 Å². The number of carbonyl (C=O) groups is 1. The molecule has 3 heteroatoms. The quantitative estimate of drug-likeness (QED) is 0.786. The highest BCUT2D eigenvalue weighted by Crippen LogP contribution is 2.30. The van der Waals surface area contributed by atoms with Crippen LogP contribution in [0.4, 0.5) is 0 Å². The molecule has 0 radical (unpaired) electrons. The van der Waals surface area contributed by atoms with Gasteiger partial charge in [-0.2, -0.15) is 5.26 Å². The monoisotopic (exact) mass is 271 g/mol. The lowest BCUT2D eigenvalue weighted by Gasteiger charge is -2.31. The predicted octanol–water partition coefficient (Wildman–Crippen LogP) is 3.58. The molecule has 2 atom stereocenters. The zero-order valence-corrected chi connectivity index (χ0v) is 12.1. The first-order valence-corrected chi connectivity index (χ1v) is 7.23. The van der Waals surface area contributed by atoms with Crippen LogP contribution in [0.15, 0.2) is 24.3 Å². The number of rotatable bonds is 4. The second kappa shape index (κ2) is 6.67. The smallest absolute Gasteiger partial charge is 0.188 e. The molecule has 0 spiro atoms. The van der Waals surface area contributed by atoms with E-state index in [9.17, 15) is 4.79 Å². The fourth-order valence-electron chi connectivity index (χ4n) is 3.02. The van der Waals surface area contributed by atoms with Crippen molar-refractivity contribution in [2.24, 2.45) is 11.8 Å². The Bertz CT molecular complexity index is 491. The molecule has 1 saturated carbocycles. The summed E-state index contributed by atoms with van der Waals surface area (Å²) in [5.74, 6) is 1.34. The van der Waals surface area contributed by atoms with E-state index in [4.69, 9.17) is 10.00 Å². The van der Waals surface area contributed by atoms with Gasteiger partial charge in [0.25, 0.3) is 0 Å². The second-order valence-electron chi connectivity index (χ2n) is 5.96. The summed E-state index contributed by atoms with van der Waals surface area (Å²) in [6, 6.07) is 8.75. The Morgan fingerprint density at radius 3 is 2.35 bits per heavy atom. The first-order chi connectivity index (χ1) is 9.58. The maximum absolute atomic E-state index is 12.0. The lowest BCUT2D eigenvalue weighted by atomic mass is 9.82. The Labute approximate surface area is 120 Å². The Kier molecular flexibility index (Phi) is 4.92. The summed E-state index contributed by atoms with van der Waals surface area (Å²) in [5, 5.41) is 8.73. The molecule has 2 rings (SSSR count). The lowest BCUT2D eigenvalue weighted by molar-refractivity contribution is 0.00562. The molecule has 0 saturated heterocycles. The van der Waals surface area contributed by atoms with Crippen molar-refractivity contribution in [1.29, 1.82) is 5.26 Å². The maximum Gasteiger partial charge on any atom is 0.188 e. The van der Waals surface area contributed by atoms with Gasteiger partial charge in [-0.15, -0.1) is 0 Å². The minimum absolute atomic E-state index is 0.0135. The molecule has 106 valence electrons. The summed E-state index contributed by atoms with van der Waals surface area (Å²) in [6.07, 6.45) is 3.55. The molecule has 1 aliphatic carbocycles. The Balaban J connectivity index is 1.86. The molecular formula is C17H21NO2. The molecule has 2 unspecified atom stereocenters. The summed E-state index contributed by atoms with van der Waals surface area (Å²) in [5.41, 5.74) is 1.18. The van der Waals surface area contributed by atoms with Crippen molar-refractivity contribution in [3.05, 3.63) is 35.4 Å². The number of ketones is 1. The SMILES string of the molecule is CC1CC(C)CC(OCC(=O)c2ccc(C#N)cc2)C1. The second-order valence-corrected chi connectivity index (χ2v) is 5.96.